The van der Waals surface area contributed by atoms with Gasteiger partial charge in [0.15, 0.2) is 6.10 Å². The summed E-state index contributed by atoms with van der Waals surface area (Å²) in [5.41, 5.74) is 4.17. The third-order valence-corrected chi connectivity index (χ3v) is 5.15. The van der Waals surface area contributed by atoms with Crippen LogP contribution in [0.3, 0.4) is 0 Å². The lowest BCUT2D eigenvalue weighted by molar-refractivity contribution is -0.122. The summed E-state index contributed by atoms with van der Waals surface area (Å²) >= 11 is 0. The van der Waals surface area contributed by atoms with Crippen LogP contribution in [0.4, 0.5) is 5.69 Å². The third-order valence-electron chi connectivity index (χ3n) is 5.15. The van der Waals surface area contributed by atoms with Gasteiger partial charge in [-0.05, 0) is 62.6 Å². The molecular formula is C23H28N2O4. The fraction of sp³-hybridized carbons (Fsp3) is 0.391. The van der Waals surface area contributed by atoms with Crippen molar-refractivity contribution in [1.29, 1.82) is 0 Å². The molecule has 0 radical (unpaired) electrons. The zero-order chi connectivity index (χ0) is 21.0. The maximum atomic E-state index is 12.9. The number of benzene rings is 2. The lowest BCUT2D eigenvalue weighted by atomic mass is 10.1. The molecule has 2 aromatic carbocycles. The Balaban J connectivity index is 1.73. The number of nitrogens with zero attached hydrogens (tertiary/aromatic N) is 1. The number of carbonyl (C=O) groups excluding carboxylic acids is 2. The maximum Gasteiger partial charge on any atom is 0.265 e. The van der Waals surface area contributed by atoms with Crippen molar-refractivity contribution in [3.8, 4) is 5.75 Å². The van der Waals surface area contributed by atoms with Crippen LogP contribution in [-0.4, -0.2) is 49.1 Å². The predicted molar refractivity (Wildman–Crippen MR) is 113 cm³/mol. The van der Waals surface area contributed by atoms with Gasteiger partial charge in [-0.2, -0.15) is 0 Å². The topological polar surface area (TPSA) is 67.9 Å². The Morgan fingerprint density at radius 2 is 1.79 bits per heavy atom. The molecule has 6 nitrogen and oxygen atoms in total. The molecule has 0 spiro atoms. The van der Waals surface area contributed by atoms with Gasteiger partial charge in [-0.15, -0.1) is 0 Å². The van der Waals surface area contributed by atoms with Crippen molar-refractivity contribution in [2.45, 2.75) is 33.8 Å². The molecule has 1 unspecified atom stereocenters. The Kier molecular flexibility index (Phi) is 6.54. The first-order valence-corrected chi connectivity index (χ1v) is 9.88. The molecule has 1 heterocycles. The minimum atomic E-state index is -0.707. The molecule has 1 N–H and O–H groups in total. The molecule has 0 aromatic heterocycles. The van der Waals surface area contributed by atoms with Crippen LogP contribution in [0.2, 0.25) is 0 Å². The van der Waals surface area contributed by atoms with Crippen LogP contribution in [0, 0.1) is 20.8 Å². The molecule has 0 aliphatic carbocycles. The summed E-state index contributed by atoms with van der Waals surface area (Å²) in [6.07, 6.45) is -0.707. The largest absolute Gasteiger partial charge is 0.481 e. The highest BCUT2D eigenvalue weighted by Gasteiger charge is 2.23. The first-order valence-electron chi connectivity index (χ1n) is 9.88. The second-order valence-corrected chi connectivity index (χ2v) is 7.40. The predicted octanol–water partition coefficient (Wildman–Crippen LogP) is 3.49. The van der Waals surface area contributed by atoms with Gasteiger partial charge in [0.25, 0.3) is 11.8 Å². The van der Waals surface area contributed by atoms with Gasteiger partial charge in [-0.1, -0.05) is 18.2 Å². The highest BCUT2D eigenvalue weighted by atomic mass is 16.5. The number of nitrogens with one attached hydrogen (secondary N) is 1. The van der Waals surface area contributed by atoms with Gasteiger partial charge < -0.3 is 19.7 Å². The first kappa shape index (κ1) is 20.9. The number of hydrogen-bond donors (Lipinski definition) is 1. The van der Waals surface area contributed by atoms with E-state index in [1.807, 2.05) is 26.8 Å². The fourth-order valence-corrected chi connectivity index (χ4v) is 3.32. The van der Waals surface area contributed by atoms with E-state index < -0.39 is 6.10 Å². The van der Waals surface area contributed by atoms with Crippen molar-refractivity contribution in [2.75, 3.05) is 31.6 Å². The van der Waals surface area contributed by atoms with E-state index in [4.69, 9.17) is 9.47 Å². The van der Waals surface area contributed by atoms with Crippen LogP contribution in [0.25, 0.3) is 0 Å². The van der Waals surface area contributed by atoms with Crippen molar-refractivity contribution in [1.82, 2.24) is 4.90 Å². The summed E-state index contributed by atoms with van der Waals surface area (Å²) in [5.74, 6) is 0.288. The van der Waals surface area contributed by atoms with E-state index >= 15 is 0 Å². The van der Waals surface area contributed by atoms with Crippen LogP contribution >= 0.6 is 0 Å². The minimum Gasteiger partial charge on any atom is -0.481 e. The Labute approximate surface area is 171 Å². The summed E-state index contributed by atoms with van der Waals surface area (Å²) < 4.78 is 11.2. The molecule has 3 rings (SSSR count). The van der Waals surface area contributed by atoms with Crippen LogP contribution in [0.15, 0.2) is 36.4 Å². The summed E-state index contributed by atoms with van der Waals surface area (Å²) in [7, 11) is 0. The van der Waals surface area contributed by atoms with Crippen LogP contribution < -0.4 is 10.1 Å². The Morgan fingerprint density at radius 3 is 2.52 bits per heavy atom. The molecule has 1 fully saturated rings. The number of hydrogen-bond acceptors (Lipinski definition) is 4. The first-order chi connectivity index (χ1) is 13.9. The van der Waals surface area contributed by atoms with E-state index in [-0.39, 0.29) is 11.8 Å². The molecule has 0 bridgehead atoms. The van der Waals surface area contributed by atoms with Gasteiger partial charge in [0.2, 0.25) is 0 Å². The van der Waals surface area contributed by atoms with Crippen molar-refractivity contribution < 1.29 is 19.1 Å². The molecular weight excluding hydrogens is 368 g/mol. The van der Waals surface area contributed by atoms with E-state index in [0.29, 0.717) is 43.3 Å². The molecule has 154 valence electrons. The zero-order valence-electron chi connectivity index (χ0n) is 17.5. The molecule has 1 aliphatic heterocycles. The van der Waals surface area contributed by atoms with Gasteiger partial charge in [-0.3, -0.25) is 9.59 Å². The highest BCUT2D eigenvalue weighted by Crippen LogP contribution is 2.25. The zero-order valence-corrected chi connectivity index (χ0v) is 17.5. The number of rotatable bonds is 5. The van der Waals surface area contributed by atoms with Gasteiger partial charge in [0.1, 0.15) is 5.75 Å². The maximum absolute atomic E-state index is 12.9. The van der Waals surface area contributed by atoms with E-state index in [9.17, 15) is 9.59 Å². The molecule has 1 atom stereocenters. The van der Waals surface area contributed by atoms with E-state index in [2.05, 4.69) is 11.4 Å². The average molecular weight is 396 g/mol. The smallest absolute Gasteiger partial charge is 0.265 e. The Hall–Kier alpha value is -2.86. The number of para-hydroxylation sites is 1. The van der Waals surface area contributed by atoms with Crippen LogP contribution in [-0.2, 0) is 9.53 Å². The van der Waals surface area contributed by atoms with Crippen molar-refractivity contribution >= 4 is 17.5 Å². The summed E-state index contributed by atoms with van der Waals surface area (Å²) in [5, 5.41) is 2.86. The summed E-state index contributed by atoms with van der Waals surface area (Å²) in [4.78, 5) is 27.4. The second-order valence-electron chi connectivity index (χ2n) is 7.40. The second kappa shape index (κ2) is 9.09. The van der Waals surface area contributed by atoms with E-state index in [1.54, 1.807) is 36.1 Å². The van der Waals surface area contributed by atoms with Gasteiger partial charge in [0, 0.05) is 13.1 Å². The number of amides is 2. The van der Waals surface area contributed by atoms with Gasteiger partial charge in [0.05, 0.1) is 24.5 Å². The monoisotopic (exact) mass is 396 g/mol. The summed E-state index contributed by atoms with van der Waals surface area (Å²) in [6.45, 7) is 9.86. The molecule has 2 aromatic rings. The average Bonchev–Trinajstić information content (AvgIpc) is 2.72. The molecule has 0 saturated carbocycles. The Morgan fingerprint density at radius 1 is 1.10 bits per heavy atom. The number of ether oxygens (including phenoxy) is 2. The molecule has 2 amide bonds. The normalized spacial score (nSPS) is 15.0. The van der Waals surface area contributed by atoms with Gasteiger partial charge >= 0.3 is 0 Å². The minimum absolute atomic E-state index is 0.108. The SMILES string of the molecule is Cc1cc(C)c(C)c(OC(C)C(=O)Nc2ccccc2C(=O)N2CCOCC2)c1. The lowest BCUT2D eigenvalue weighted by Gasteiger charge is -2.27. The lowest BCUT2D eigenvalue weighted by Crippen LogP contribution is -2.41. The third kappa shape index (κ3) is 4.95. The van der Waals surface area contributed by atoms with Crippen molar-refractivity contribution in [2.24, 2.45) is 0 Å². The van der Waals surface area contributed by atoms with E-state index in [1.165, 1.54) is 0 Å². The number of carbonyl (C=O) groups is 2. The highest BCUT2D eigenvalue weighted by molar-refractivity contribution is 6.04. The van der Waals surface area contributed by atoms with Crippen LogP contribution in [0.1, 0.15) is 34.0 Å². The standard InChI is InChI=1S/C23H28N2O4/c1-15-13-16(2)17(3)21(14-15)29-18(4)22(26)24-20-8-6-5-7-19(20)23(27)25-9-11-28-12-10-25/h5-8,13-14,18H,9-12H2,1-4H3,(H,24,26). The number of anilines is 1. The quantitative estimate of drug-likeness (QED) is 0.840. The van der Waals surface area contributed by atoms with Crippen LogP contribution in [0.5, 0.6) is 5.75 Å². The number of aryl methyl sites for hydroxylation is 2. The van der Waals surface area contributed by atoms with Crippen molar-refractivity contribution in [3.63, 3.8) is 0 Å². The van der Waals surface area contributed by atoms with Crippen molar-refractivity contribution in [3.05, 3.63) is 58.7 Å². The van der Waals surface area contributed by atoms with E-state index in [0.717, 1.165) is 16.7 Å². The fourth-order valence-electron chi connectivity index (χ4n) is 3.32. The van der Waals surface area contributed by atoms with Gasteiger partial charge in [-0.25, -0.2) is 0 Å². The molecule has 1 saturated heterocycles. The summed E-state index contributed by atoms with van der Waals surface area (Å²) in [6, 6.07) is 11.1. The molecule has 6 heteroatoms. The Bertz CT molecular complexity index is 904. The number of morpholine rings is 1. The molecule has 29 heavy (non-hydrogen) atoms. The molecule has 1 aliphatic rings.